The number of fused-ring (bicyclic) bond motifs is 1. The first kappa shape index (κ1) is 14.2. The Bertz CT molecular complexity index is 582. The number of rotatable bonds is 5. The Hall–Kier alpha value is -1.71. The lowest BCUT2D eigenvalue weighted by Gasteiger charge is -2.29. The lowest BCUT2D eigenvalue weighted by atomic mass is 10.1. The van der Waals surface area contributed by atoms with Gasteiger partial charge in [-0.15, -0.1) is 0 Å². The number of likely N-dealkylation sites (N-methyl/N-ethyl adjacent to an activating group) is 2. The van der Waals surface area contributed by atoms with E-state index in [-0.39, 0.29) is 0 Å². The summed E-state index contributed by atoms with van der Waals surface area (Å²) in [5.74, 6) is 0. The first-order chi connectivity index (χ1) is 10.3. The van der Waals surface area contributed by atoms with Crippen LogP contribution >= 0.6 is 0 Å². The lowest BCUT2D eigenvalue weighted by molar-refractivity contribution is 0.210. The SMILES string of the molecule is CNC1c2ccccc2CC1N(C)CCc1ccccn1. The van der Waals surface area contributed by atoms with Gasteiger partial charge in [0.25, 0.3) is 0 Å². The van der Waals surface area contributed by atoms with Gasteiger partial charge < -0.3 is 10.2 Å². The summed E-state index contributed by atoms with van der Waals surface area (Å²) in [5, 5.41) is 3.49. The maximum Gasteiger partial charge on any atom is 0.0481 e. The Morgan fingerprint density at radius 1 is 1.19 bits per heavy atom. The van der Waals surface area contributed by atoms with Crippen molar-refractivity contribution < 1.29 is 0 Å². The second-order valence-electron chi connectivity index (χ2n) is 5.79. The quantitative estimate of drug-likeness (QED) is 0.912. The molecule has 1 aliphatic rings. The van der Waals surface area contributed by atoms with Crippen molar-refractivity contribution in [1.82, 2.24) is 15.2 Å². The molecule has 21 heavy (non-hydrogen) atoms. The molecule has 110 valence electrons. The highest BCUT2D eigenvalue weighted by atomic mass is 15.2. The molecule has 1 heterocycles. The highest BCUT2D eigenvalue weighted by Crippen LogP contribution is 2.33. The number of pyridine rings is 1. The van der Waals surface area contributed by atoms with Gasteiger partial charge in [-0.25, -0.2) is 0 Å². The third kappa shape index (κ3) is 2.99. The molecule has 3 heteroatoms. The molecular formula is C18H23N3. The highest BCUT2D eigenvalue weighted by Gasteiger charge is 2.33. The van der Waals surface area contributed by atoms with E-state index in [4.69, 9.17) is 0 Å². The van der Waals surface area contributed by atoms with Gasteiger partial charge in [-0.2, -0.15) is 0 Å². The van der Waals surface area contributed by atoms with Crippen LogP contribution in [0.25, 0.3) is 0 Å². The second-order valence-corrected chi connectivity index (χ2v) is 5.79. The van der Waals surface area contributed by atoms with Crippen molar-refractivity contribution in [2.45, 2.75) is 24.9 Å². The monoisotopic (exact) mass is 281 g/mol. The van der Waals surface area contributed by atoms with Crippen molar-refractivity contribution in [1.29, 1.82) is 0 Å². The number of hydrogen-bond acceptors (Lipinski definition) is 3. The Morgan fingerprint density at radius 3 is 2.76 bits per heavy atom. The van der Waals surface area contributed by atoms with E-state index in [1.54, 1.807) is 0 Å². The molecule has 3 rings (SSSR count). The number of nitrogens with one attached hydrogen (secondary N) is 1. The summed E-state index contributed by atoms with van der Waals surface area (Å²) in [7, 11) is 4.29. The molecule has 0 saturated heterocycles. The number of benzene rings is 1. The first-order valence-corrected chi connectivity index (χ1v) is 7.65. The van der Waals surface area contributed by atoms with Crippen molar-refractivity contribution in [3.63, 3.8) is 0 Å². The van der Waals surface area contributed by atoms with Gasteiger partial charge in [-0.1, -0.05) is 30.3 Å². The molecule has 2 atom stereocenters. The van der Waals surface area contributed by atoms with E-state index in [2.05, 4.69) is 65.7 Å². The third-order valence-electron chi connectivity index (χ3n) is 4.53. The van der Waals surface area contributed by atoms with Gasteiger partial charge in [0.1, 0.15) is 0 Å². The van der Waals surface area contributed by atoms with Crippen LogP contribution in [0.3, 0.4) is 0 Å². The molecule has 0 saturated carbocycles. The summed E-state index contributed by atoms with van der Waals surface area (Å²) in [4.78, 5) is 6.88. The Labute approximate surface area is 127 Å². The maximum atomic E-state index is 4.41. The van der Waals surface area contributed by atoms with Gasteiger partial charge in [0.15, 0.2) is 0 Å². The molecule has 0 bridgehead atoms. The zero-order valence-corrected chi connectivity index (χ0v) is 12.8. The number of aromatic nitrogens is 1. The molecule has 0 amide bonds. The summed E-state index contributed by atoms with van der Waals surface area (Å²) >= 11 is 0. The minimum atomic E-state index is 0.426. The minimum Gasteiger partial charge on any atom is -0.312 e. The van der Waals surface area contributed by atoms with Crippen molar-refractivity contribution in [2.75, 3.05) is 20.6 Å². The molecular weight excluding hydrogens is 258 g/mol. The van der Waals surface area contributed by atoms with E-state index < -0.39 is 0 Å². The Kier molecular flexibility index (Phi) is 4.32. The van der Waals surface area contributed by atoms with E-state index in [1.807, 2.05) is 12.3 Å². The summed E-state index contributed by atoms with van der Waals surface area (Å²) < 4.78 is 0. The average molecular weight is 281 g/mol. The van der Waals surface area contributed by atoms with Gasteiger partial charge in [0.2, 0.25) is 0 Å². The molecule has 1 aromatic heterocycles. The smallest absolute Gasteiger partial charge is 0.0481 e. The first-order valence-electron chi connectivity index (χ1n) is 7.65. The number of hydrogen-bond donors (Lipinski definition) is 1. The summed E-state index contributed by atoms with van der Waals surface area (Å²) in [6.45, 7) is 1.04. The van der Waals surface area contributed by atoms with Crippen molar-refractivity contribution in [3.8, 4) is 0 Å². The van der Waals surface area contributed by atoms with Crippen molar-refractivity contribution in [3.05, 3.63) is 65.5 Å². The number of nitrogens with zero attached hydrogens (tertiary/aromatic N) is 2. The highest BCUT2D eigenvalue weighted by molar-refractivity contribution is 5.37. The van der Waals surface area contributed by atoms with Gasteiger partial charge in [-0.05, 0) is 43.8 Å². The predicted molar refractivity (Wildman–Crippen MR) is 86.3 cm³/mol. The zero-order chi connectivity index (χ0) is 14.7. The standard InChI is InChI=1S/C18H23N3/c1-19-18-16-9-4-3-7-14(16)13-17(18)21(2)12-10-15-8-5-6-11-20-15/h3-9,11,17-19H,10,12-13H2,1-2H3. The Balaban J connectivity index is 1.67. The van der Waals surface area contributed by atoms with E-state index in [1.165, 1.54) is 16.8 Å². The maximum absolute atomic E-state index is 4.41. The molecule has 3 nitrogen and oxygen atoms in total. The topological polar surface area (TPSA) is 28.2 Å². The van der Waals surface area contributed by atoms with Crippen LogP contribution in [0.5, 0.6) is 0 Å². The lowest BCUT2D eigenvalue weighted by Crippen LogP contribution is -2.40. The van der Waals surface area contributed by atoms with Crippen LogP contribution < -0.4 is 5.32 Å². The van der Waals surface area contributed by atoms with Crippen LogP contribution in [0, 0.1) is 0 Å². The molecule has 1 aromatic carbocycles. The fourth-order valence-corrected chi connectivity index (χ4v) is 3.33. The van der Waals surface area contributed by atoms with Gasteiger partial charge >= 0.3 is 0 Å². The fourth-order valence-electron chi connectivity index (χ4n) is 3.33. The molecule has 0 radical (unpaired) electrons. The largest absolute Gasteiger partial charge is 0.312 e. The van der Waals surface area contributed by atoms with Gasteiger partial charge in [0.05, 0.1) is 0 Å². The molecule has 1 aliphatic carbocycles. The van der Waals surface area contributed by atoms with Crippen molar-refractivity contribution in [2.24, 2.45) is 0 Å². The van der Waals surface area contributed by atoms with E-state index >= 15 is 0 Å². The van der Waals surface area contributed by atoms with E-state index in [0.717, 1.165) is 19.4 Å². The van der Waals surface area contributed by atoms with Gasteiger partial charge in [0, 0.05) is 36.9 Å². The molecule has 2 aromatic rings. The van der Waals surface area contributed by atoms with Gasteiger partial charge in [-0.3, -0.25) is 4.98 Å². The Morgan fingerprint density at radius 2 is 2.00 bits per heavy atom. The normalized spacial score (nSPS) is 20.7. The summed E-state index contributed by atoms with van der Waals surface area (Å²) in [6, 6.07) is 15.9. The van der Waals surface area contributed by atoms with E-state index in [9.17, 15) is 0 Å². The molecule has 0 spiro atoms. The van der Waals surface area contributed by atoms with E-state index in [0.29, 0.717) is 12.1 Å². The zero-order valence-electron chi connectivity index (χ0n) is 12.8. The van der Waals surface area contributed by atoms with Crippen LogP contribution in [0.4, 0.5) is 0 Å². The van der Waals surface area contributed by atoms with Crippen LogP contribution in [0.15, 0.2) is 48.7 Å². The fraction of sp³-hybridized carbons (Fsp3) is 0.389. The minimum absolute atomic E-state index is 0.426. The molecule has 1 N–H and O–H groups in total. The van der Waals surface area contributed by atoms with Crippen LogP contribution in [-0.2, 0) is 12.8 Å². The van der Waals surface area contributed by atoms with Crippen LogP contribution in [0.1, 0.15) is 22.9 Å². The van der Waals surface area contributed by atoms with Crippen molar-refractivity contribution >= 4 is 0 Å². The molecule has 0 aliphatic heterocycles. The predicted octanol–water partition coefficient (Wildman–Crippen LogP) is 2.44. The average Bonchev–Trinajstić information content (AvgIpc) is 2.92. The molecule has 2 unspecified atom stereocenters. The van der Waals surface area contributed by atoms with Crippen LogP contribution in [0.2, 0.25) is 0 Å². The van der Waals surface area contributed by atoms with Crippen LogP contribution in [-0.4, -0.2) is 36.6 Å². The third-order valence-corrected chi connectivity index (χ3v) is 4.53. The molecule has 0 fully saturated rings. The summed E-state index contributed by atoms with van der Waals surface area (Å²) in [6.07, 6.45) is 4.00. The summed E-state index contributed by atoms with van der Waals surface area (Å²) in [5.41, 5.74) is 4.10. The second kappa shape index (κ2) is 6.37.